The molecule has 0 nitrogen and oxygen atoms in total. The molecule has 0 aromatic rings. The van der Waals surface area contributed by atoms with Crippen LogP contribution in [0.4, 0.5) is 0 Å². The number of hydrogen-bond donors (Lipinski definition) is 0. The minimum absolute atomic E-state index is 0. The summed E-state index contributed by atoms with van der Waals surface area (Å²) in [6.45, 7) is 14.2. The summed E-state index contributed by atoms with van der Waals surface area (Å²) >= 11 is -0.355. The Bertz CT molecular complexity index is 74.4. The van der Waals surface area contributed by atoms with Gasteiger partial charge in [-0.1, -0.05) is 0 Å². The first-order chi connectivity index (χ1) is 3.71. The predicted octanol–water partition coefficient (Wildman–Crippen LogP) is 2.48. The maximum Gasteiger partial charge on any atom is 0 e. The molecule has 10 heavy (non-hydrogen) atoms. The van der Waals surface area contributed by atoms with Crippen LogP contribution < -0.4 is 0 Å². The van der Waals surface area contributed by atoms with Crippen molar-refractivity contribution in [1.29, 1.82) is 0 Å². The normalized spacial score (nSPS) is 12.6. The van der Waals surface area contributed by atoms with Gasteiger partial charge in [0.05, 0.1) is 0 Å². The van der Waals surface area contributed by atoms with E-state index in [9.17, 15) is 0 Å². The van der Waals surface area contributed by atoms with Gasteiger partial charge >= 0.3 is 69.5 Å². The largest absolute Gasteiger partial charge is 0 e. The Labute approximate surface area is 87.9 Å². The first kappa shape index (κ1) is 14.0. The third kappa shape index (κ3) is 12.1. The van der Waals surface area contributed by atoms with Gasteiger partial charge in [0.25, 0.3) is 0 Å². The first-order valence-electron chi connectivity index (χ1n) is 3.58. The van der Waals surface area contributed by atoms with Crippen LogP contribution in [0.1, 0.15) is 41.5 Å². The van der Waals surface area contributed by atoms with E-state index in [0.29, 0.717) is 6.86 Å². The molecule has 0 aliphatic heterocycles. The zero-order valence-electron chi connectivity index (χ0n) is 8.58. The Morgan fingerprint density at radius 1 is 0.700 bits per heavy atom. The smallest absolute Gasteiger partial charge is 0 e. The van der Waals surface area contributed by atoms with E-state index in [1.807, 2.05) is 0 Å². The van der Waals surface area contributed by atoms with Crippen LogP contribution in [0.3, 0.4) is 0 Å². The minimum atomic E-state index is -0.355. The maximum absolute atomic E-state index is 2.37. The molecule has 0 amide bonds. The van der Waals surface area contributed by atoms with Crippen LogP contribution in [-0.2, 0) is 0 Å². The molecule has 0 unspecified atom stereocenters. The Hall–Kier alpha value is 1.40. The minimum Gasteiger partial charge on any atom is 0 e. The quantitative estimate of drug-likeness (QED) is 0.571. The van der Waals surface area contributed by atoms with Crippen molar-refractivity contribution in [2.24, 2.45) is 0 Å². The summed E-state index contributed by atoms with van der Waals surface area (Å²) in [5.74, 6) is 0. The molecule has 0 bridgehead atoms. The average molecular weight is 241 g/mol. The second-order valence-corrected chi connectivity index (χ2v) is 15.6. The fourth-order valence-electron chi connectivity index (χ4n) is 1.30. The van der Waals surface area contributed by atoms with Crippen molar-refractivity contribution in [3.05, 3.63) is 0 Å². The molecule has 0 aliphatic rings. The summed E-state index contributed by atoms with van der Waals surface area (Å²) in [5.41, 5.74) is 0. The molecular formula is C8H19LiSn. The van der Waals surface area contributed by atoms with Gasteiger partial charge in [0.2, 0.25) is 0 Å². The number of rotatable bonds is 0. The summed E-state index contributed by atoms with van der Waals surface area (Å²) in [5, 5.41) is 0. The summed E-state index contributed by atoms with van der Waals surface area (Å²) in [6.07, 6.45) is 0. The van der Waals surface area contributed by atoms with Crippen molar-refractivity contribution in [1.82, 2.24) is 0 Å². The molecule has 0 fully saturated rings. The molecule has 0 atom stereocenters. The van der Waals surface area contributed by atoms with Gasteiger partial charge in [-0.2, -0.15) is 0 Å². The van der Waals surface area contributed by atoms with Crippen LogP contribution in [-0.4, -0.2) is 40.0 Å². The van der Waals surface area contributed by atoms with Crippen molar-refractivity contribution >= 4 is 40.0 Å². The first-order valence-corrected chi connectivity index (χ1v) is 6.87. The SMILES string of the molecule is C[C](C)(C)[SnH][C](C)(C)C.[Li]. The molecule has 0 saturated carbocycles. The third-order valence-electron chi connectivity index (χ3n) is 0.866. The van der Waals surface area contributed by atoms with E-state index in [2.05, 4.69) is 41.5 Å². The van der Waals surface area contributed by atoms with Crippen LogP contribution in [0.25, 0.3) is 0 Å². The van der Waals surface area contributed by atoms with E-state index in [1.54, 1.807) is 0 Å². The summed E-state index contributed by atoms with van der Waals surface area (Å²) < 4.78 is 1.35. The predicted molar refractivity (Wildman–Crippen MR) is 52.3 cm³/mol. The standard InChI is InChI=1S/2C4H9.Li.Sn.H/c2*1-4(2)3;;;/h2*1-3H3;;;. The Morgan fingerprint density at radius 2 is 0.900 bits per heavy atom. The Morgan fingerprint density at radius 3 is 0.900 bits per heavy atom. The maximum atomic E-state index is 2.37. The molecule has 0 heterocycles. The van der Waals surface area contributed by atoms with Crippen LogP contribution in [0.15, 0.2) is 0 Å². The van der Waals surface area contributed by atoms with E-state index < -0.39 is 0 Å². The van der Waals surface area contributed by atoms with Gasteiger partial charge in [0.15, 0.2) is 0 Å². The van der Waals surface area contributed by atoms with Crippen molar-refractivity contribution in [2.45, 2.75) is 48.4 Å². The van der Waals surface area contributed by atoms with Gasteiger partial charge in [-0.25, -0.2) is 0 Å². The molecule has 0 saturated heterocycles. The van der Waals surface area contributed by atoms with E-state index in [0.717, 1.165) is 0 Å². The number of hydrogen-bond acceptors (Lipinski definition) is 0. The molecule has 0 rings (SSSR count). The summed E-state index contributed by atoms with van der Waals surface area (Å²) in [4.78, 5) is 0. The fraction of sp³-hybridized carbons (Fsp3) is 1.00. The summed E-state index contributed by atoms with van der Waals surface area (Å²) in [7, 11) is 0. The fourth-order valence-corrected chi connectivity index (χ4v) is 8.71. The van der Waals surface area contributed by atoms with Gasteiger partial charge in [-0.05, 0) is 0 Å². The van der Waals surface area contributed by atoms with Gasteiger partial charge < -0.3 is 0 Å². The third-order valence-corrected chi connectivity index (χ3v) is 5.81. The van der Waals surface area contributed by atoms with Gasteiger partial charge in [0, 0.05) is 18.9 Å². The van der Waals surface area contributed by atoms with Gasteiger partial charge in [-0.3, -0.25) is 0 Å². The van der Waals surface area contributed by atoms with E-state index in [-0.39, 0.29) is 40.0 Å². The molecule has 0 N–H and O–H groups in total. The van der Waals surface area contributed by atoms with E-state index in [4.69, 9.17) is 0 Å². The molecular weight excluding hydrogens is 222 g/mol. The zero-order chi connectivity index (χ0) is 7.71. The monoisotopic (exact) mass is 242 g/mol. The zero-order valence-corrected chi connectivity index (χ0v) is 11.9. The van der Waals surface area contributed by atoms with Gasteiger partial charge in [0.1, 0.15) is 0 Å². The molecule has 56 valence electrons. The average Bonchev–Trinajstić information content (AvgIpc) is 1.14. The van der Waals surface area contributed by atoms with Crippen LogP contribution in [0.5, 0.6) is 0 Å². The van der Waals surface area contributed by atoms with Crippen LogP contribution >= 0.6 is 0 Å². The second kappa shape index (κ2) is 4.43. The van der Waals surface area contributed by atoms with Crippen LogP contribution in [0, 0.1) is 0 Å². The van der Waals surface area contributed by atoms with Crippen molar-refractivity contribution in [2.75, 3.05) is 0 Å². The van der Waals surface area contributed by atoms with Crippen molar-refractivity contribution in [3.63, 3.8) is 0 Å². The van der Waals surface area contributed by atoms with E-state index in [1.165, 1.54) is 0 Å². The molecule has 0 aromatic heterocycles. The van der Waals surface area contributed by atoms with Crippen LogP contribution in [0.2, 0.25) is 6.86 Å². The molecule has 0 aromatic carbocycles. The second-order valence-electron chi connectivity index (χ2n) is 4.88. The Balaban J connectivity index is 0. The molecule has 2 radical (unpaired) electrons. The Kier molecular flexibility index (Phi) is 6.18. The van der Waals surface area contributed by atoms with E-state index >= 15 is 0 Å². The molecule has 0 spiro atoms. The van der Waals surface area contributed by atoms with Gasteiger partial charge in [-0.15, -0.1) is 0 Å². The van der Waals surface area contributed by atoms with Crippen molar-refractivity contribution in [3.8, 4) is 0 Å². The molecule has 2 heteroatoms. The topological polar surface area (TPSA) is 0 Å². The van der Waals surface area contributed by atoms with Crippen molar-refractivity contribution < 1.29 is 0 Å². The summed E-state index contributed by atoms with van der Waals surface area (Å²) in [6, 6.07) is 0. The molecule has 0 aliphatic carbocycles.